The van der Waals surface area contributed by atoms with Gasteiger partial charge in [-0.1, -0.05) is 21.5 Å². The van der Waals surface area contributed by atoms with E-state index >= 15 is 0 Å². The maximum atomic E-state index is 4.17. The normalized spacial score (nSPS) is 17.8. The minimum absolute atomic E-state index is 0.719. The monoisotopic (exact) mass is 240 g/mol. The Hall–Kier alpha value is -0.570. The van der Waals surface area contributed by atoms with Crippen molar-refractivity contribution in [3.05, 3.63) is 23.8 Å². The van der Waals surface area contributed by atoms with Crippen molar-refractivity contribution in [2.75, 3.05) is 5.33 Å². The van der Waals surface area contributed by atoms with E-state index in [9.17, 15) is 0 Å². The summed E-state index contributed by atoms with van der Waals surface area (Å²) in [5.41, 5.74) is 2.57. The smallest absolute Gasteiger partial charge is 0.0953 e. The highest BCUT2D eigenvalue weighted by molar-refractivity contribution is 9.09. The molecule has 1 fully saturated rings. The molecule has 1 aliphatic rings. The van der Waals surface area contributed by atoms with Gasteiger partial charge in [0.05, 0.1) is 18.2 Å². The summed E-state index contributed by atoms with van der Waals surface area (Å²) in [6, 6.07) is 0.719. The molecule has 13 heavy (non-hydrogen) atoms. The lowest BCUT2D eigenvalue weighted by Crippen LogP contribution is -1.94. The highest BCUT2D eigenvalue weighted by Gasteiger charge is 2.24. The second kappa shape index (κ2) is 3.66. The van der Waals surface area contributed by atoms with Crippen LogP contribution in [0.15, 0.2) is 18.1 Å². The molecular weight excluding hydrogens is 228 g/mol. The molecule has 0 radical (unpaired) electrons. The molecule has 1 saturated carbocycles. The van der Waals surface area contributed by atoms with E-state index < -0.39 is 0 Å². The lowest BCUT2D eigenvalue weighted by Gasteiger charge is -2.02. The van der Waals surface area contributed by atoms with Gasteiger partial charge in [0.15, 0.2) is 0 Å². The molecule has 3 heteroatoms. The molecule has 70 valence electrons. The molecule has 1 aromatic heterocycles. The van der Waals surface area contributed by atoms with Crippen molar-refractivity contribution >= 4 is 22.0 Å². The average Bonchev–Trinajstić information content (AvgIpc) is 2.88. The summed E-state index contributed by atoms with van der Waals surface area (Å²) in [7, 11) is 0. The summed E-state index contributed by atoms with van der Waals surface area (Å²) < 4.78 is 2.27. The second-order valence-corrected chi connectivity index (χ2v) is 4.14. The molecule has 0 aliphatic heterocycles. The summed E-state index contributed by atoms with van der Waals surface area (Å²) in [5.74, 6) is 0. The number of alkyl halides is 1. The Kier molecular flexibility index (Phi) is 2.54. The van der Waals surface area contributed by atoms with Gasteiger partial charge in [0, 0.05) is 11.4 Å². The predicted molar refractivity (Wildman–Crippen MR) is 57.9 cm³/mol. The number of aromatic nitrogens is 2. The molecule has 1 aliphatic carbocycles. The minimum atomic E-state index is 0.719. The van der Waals surface area contributed by atoms with Gasteiger partial charge in [0.25, 0.3) is 0 Å². The van der Waals surface area contributed by atoms with Gasteiger partial charge < -0.3 is 4.57 Å². The molecule has 0 N–H and O–H groups in total. The third kappa shape index (κ3) is 2.02. The molecule has 0 bridgehead atoms. The lowest BCUT2D eigenvalue weighted by molar-refractivity contribution is 0.733. The van der Waals surface area contributed by atoms with E-state index in [1.54, 1.807) is 0 Å². The van der Waals surface area contributed by atoms with Crippen LogP contribution in [-0.2, 0) is 0 Å². The Morgan fingerprint density at radius 1 is 1.77 bits per heavy atom. The van der Waals surface area contributed by atoms with Gasteiger partial charge in [-0.2, -0.15) is 0 Å². The van der Waals surface area contributed by atoms with Crippen LogP contribution in [0.3, 0.4) is 0 Å². The van der Waals surface area contributed by atoms with Crippen molar-refractivity contribution in [3.8, 4) is 0 Å². The van der Waals surface area contributed by atoms with Crippen molar-refractivity contribution in [1.82, 2.24) is 9.55 Å². The topological polar surface area (TPSA) is 17.8 Å². The van der Waals surface area contributed by atoms with Crippen LogP contribution in [0.2, 0.25) is 0 Å². The zero-order chi connectivity index (χ0) is 9.26. The molecule has 0 amide bonds. The quantitative estimate of drug-likeness (QED) is 0.744. The fourth-order valence-corrected chi connectivity index (χ4v) is 1.54. The molecule has 1 heterocycles. The summed E-state index contributed by atoms with van der Waals surface area (Å²) in [5, 5.41) is 0.933. The third-order valence-electron chi connectivity index (χ3n) is 2.24. The van der Waals surface area contributed by atoms with Gasteiger partial charge in [-0.25, -0.2) is 4.98 Å². The molecule has 0 saturated heterocycles. The zero-order valence-corrected chi connectivity index (χ0v) is 9.29. The van der Waals surface area contributed by atoms with Gasteiger partial charge in [0.1, 0.15) is 0 Å². The highest BCUT2D eigenvalue weighted by Crippen LogP contribution is 2.36. The Bertz CT molecular complexity index is 323. The average molecular weight is 241 g/mol. The van der Waals surface area contributed by atoms with Crippen LogP contribution < -0.4 is 0 Å². The maximum Gasteiger partial charge on any atom is 0.0953 e. The van der Waals surface area contributed by atoms with Crippen molar-refractivity contribution < 1.29 is 0 Å². The van der Waals surface area contributed by atoms with Crippen LogP contribution in [0, 0.1) is 0 Å². The fraction of sp³-hybridized carbons (Fsp3) is 0.500. The van der Waals surface area contributed by atoms with Gasteiger partial charge in [-0.05, 0) is 25.8 Å². The molecule has 2 rings (SSSR count). The number of rotatable bonds is 3. The SMILES string of the molecule is CC(=Cc1cncn1C1CC1)CBr. The number of hydrogen-bond acceptors (Lipinski definition) is 1. The van der Waals surface area contributed by atoms with Gasteiger partial charge in [0.2, 0.25) is 0 Å². The van der Waals surface area contributed by atoms with Crippen LogP contribution in [0.1, 0.15) is 31.5 Å². The van der Waals surface area contributed by atoms with E-state index in [1.807, 2.05) is 12.5 Å². The summed E-state index contributed by atoms with van der Waals surface area (Å²) >= 11 is 3.44. The molecule has 0 spiro atoms. The third-order valence-corrected chi connectivity index (χ3v) is 3.13. The summed E-state index contributed by atoms with van der Waals surface area (Å²) in [6.45, 7) is 2.12. The standard InChI is InChI=1S/C10H13BrN2/c1-8(5-11)4-10-6-12-7-13(10)9-2-3-9/h4,6-7,9H,2-3,5H2,1H3. The number of allylic oxidation sites excluding steroid dienone is 1. The highest BCUT2D eigenvalue weighted by atomic mass is 79.9. The van der Waals surface area contributed by atoms with E-state index in [4.69, 9.17) is 0 Å². The summed E-state index contributed by atoms with van der Waals surface area (Å²) in [4.78, 5) is 4.17. The van der Waals surface area contributed by atoms with E-state index in [1.165, 1.54) is 24.1 Å². The van der Waals surface area contributed by atoms with E-state index in [0.29, 0.717) is 0 Å². The van der Waals surface area contributed by atoms with Crippen molar-refractivity contribution in [2.24, 2.45) is 0 Å². The number of halogens is 1. The largest absolute Gasteiger partial charge is 0.328 e. The van der Waals surface area contributed by atoms with Crippen molar-refractivity contribution in [3.63, 3.8) is 0 Å². The Morgan fingerprint density at radius 2 is 2.54 bits per heavy atom. The Morgan fingerprint density at radius 3 is 3.15 bits per heavy atom. The van der Waals surface area contributed by atoms with Crippen LogP contribution in [-0.4, -0.2) is 14.9 Å². The molecule has 0 aromatic carbocycles. The Balaban J connectivity index is 2.23. The van der Waals surface area contributed by atoms with Crippen LogP contribution >= 0.6 is 15.9 Å². The van der Waals surface area contributed by atoms with Gasteiger partial charge >= 0.3 is 0 Å². The van der Waals surface area contributed by atoms with Gasteiger partial charge in [-0.3, -0.25) is 0 Å². The molecule has 0 unspecified atom stereocenters. The van der Waals surface area contributed by atoms with E-state index in [2.05, 4.69) is 38.5 Å². The Labute approximate surface area is 86.8 Å². The van der Waals surface area contributed by atoms with Crippen LogP contribution in [0.25, 0.3) is 6.08 Å². The maximum absolute atomic E-state index is 4.17. The van der Waals surface area contributed by atoms with Crippen molar-refractivity contribution in [1.29, 1.82) is 0 Å². The van der Waals surface area contributed by atoms with E-state index in [0.717, 1.165) is 11.4 Å². The molecule has 2 nitrogen and oxygen atoms in total. The fourth-order valence-electron chi connectivity index (χ4n) is 1.38. The first-order chi connectivity index (χ1) is 6.31. The summed E-state index contributed by atoms with van der Waals surface area (Å²) in [6.07, 6.45) is 8.69. The first kappa shape index (κ1) is 9.00. The number of hydrogen-bond donors (Lipinski definition) is 0. The molecule has 0 atom stereocenters. The molecule has 1 aromatic rings. The first-order valence-corrected chi connectivity index (χ1v) is 5.68. The van der Waals surface area contributed by atoms with Crippen LogP contribution in [0.4, 0.5) is 0 Å². The van der Waals surface area contributed by atoms with Crippen molar-refractivity contribution in [2.45, 2.75) is 25.8 Å². The number of imidazole rings is 1. The molecular formula is C10H13BrN2. The van der Waals surface area contributed by atoms with Crippen LogP contribution in [0.5, 0.6) is 0 Å². The number of nitrogens with zero attached hydrogens (tertiary/aromatic N) is 2. The zero-order valence-electron chi connectivity index (χ0n) is 7.70. The first-order valence-electron chi connectivity index (χ1n) is 4.56. The van der Waals surface area contributed by atoms with E-state index in [-0.39, 0.29) is 0 Å². The lowest BCUT2D eigenvalue weighted by atomic mass is 10.3. The predicted octanol–water partition coefficient (Wildman–Crippen LogP) is 3.02. The second-order valence-electron chi connectivity index (χ2n) is 3.58. The van der Waals surface area contributed by atoms with Gasteiger partial charge in [-0.15, -0.1) is 0 Å². The minimum Gasteiger partial charge on any atom is -0.328 e.